The first-order valence-corrected chi connectivity index (χ1v) is 8.47. The third-order valence-corrected chi connectivity index (χ3v) is 7.24. The van der Waals surface area contributed by atoms with Gasteiger partial charge in [0.15, 0.2) is 22.9 Å². The van der Waals surface area contributed by atoms with Gasteiger partial charge in [-0.3, -0.25) is 4.79 Å². The van der Waals surface area contributed by atoms with Gasteiger partial charge in [0.1, 0.15) is 12.6 Å². The number of piperidine rings is 1. The quantitative estimate of drug-likeness (QED) is 0.718. The molecule has 0 aromatic heterocycles. The summed E-state index contributed by atoms with van der Waals surface area (Å²) in [6.45, 7) is 2.52. The number of quaternary nitrogens is 1. The summed E-state index contributed by atoms with van der Waals surface area (Å²) in [6.07, 6.45) is 2.78. The molecule has 2 aliphatic carbocycles. The van der Waals surface area contributed by atoms with Crippen LogP contribution in [-0.2, 0) is 16.6 Å². The van der Waals surface area contributed by atoms with Crippen LogP contribution in [0.15, 0.2) is 12.1 Å². The minimum Gasteiger partial charge on any atom is -0.504 e. The molecule has 122 valence electrons. The Morgan fingerprint density at radius 1 is 1.39 bits per heavy atom. The van der Waals surface area contributed by atoms with Crippen LogP contribution in [0.4, 0.5) is 0 Å². The molecule has 2 heterocycles. The summed E-state index contributed by atoms with van der Waals surface area (Å²) in [5, 5.41) is 21.2. The molecule has 5 nitrogen and oxygen atoms in total. The van der Waals surface area contributed by atoms with Crippen molar-refractivity contribution >= 4 is 5.78 Å². The molecule has 2 unspecified atom stereocenters. The number of likely N-dealkylation sites (N-methyl/N-ethyl adjacent to an activating group) is 1. The highest BCUT2D eigenvalue weighted by molar-refractivity contribution is 5.93. The number of Topliss-reactive ketones (excluding diaryl/α,β-unsaturated/α-hetero) is 1. The molecule has 2 bridgehead atoms. The second-order valence-corrected chi connectivity index (χ2v) is 8.08. The number of aromatic hydroxyl groups is 1. The van der Waals surface area contributed by atoms with Crippen molar-refractivity contribution in [1.29, 1.82) is 0 Å². The first-order valence-electron chi connectivity index (χ1n) is 8.47. The molecule has 0 radical (unpaired) electrons. The number of ketones is 1. The normalized spacial score (nSPS) is 46.3. The molecular weight excluding hydrogens is 294 g/mol. The van der Waals surface area contributed by atoms with Crippen molar-refractivity contribution in [3.63, 3.8) is 0 Å². The van der Waals surface area contributed by atoms with Crippen molar-refractivity contribution in [3.8, 4) is 11.5 Å². The van der Waals surface area contributed by atoms with Crippen LogP contribution in [0.5, 0.6) is 11.5 Å². The lowest BCUT2D eigenvalue weighted by atomic mass is 9.47. The lowest BCUT2D eigenvalue weighted by molar-refractivity contribution is -1.11. The number of rotatable bonds is 0. The van der Waals surface area contributed by atoms with Gasteiger partial charge in [-0.05, 0) is 25.0 Å². The molecule has 1 saturated carbocycles. The molecule has 23 heavy (non-hydrogen) atoms. The molecule has 4 aliphatic rings. The second-order valence-electron chi connectivity index (χ2n) is 8.08. The van der Waals surface area contributed by atoms with Crippen LogP contribution < -0.4 is 4.74 Å². The third-order valence-electron chi connectivity index (χ3n) is 7.24. The maximum atomic E-state index is 12.8. The van der Waals surface area contributed by atoms with E-state index in [1.807, 2.05) is 20.0 Å². The van der Waals surface area contributed by atoms with E-state index in [2.05, 4.69) is 0 Å². The van der Waals surface area contributed by atoms with E-state index in [0.29, 0.717) is 25.1 Å². The van der Waals surface area contributed by atoms with Crippen molar-refractivity contribution in [3.05, 3.63) is 23.3 Å². The van der Waals surface area contributed by atoms with Gasteiger partial charge < -0.3 is 9.84 Å². The zero-order valence-electron chi connectivity index (χ0n) is 13.5. The molecule has 1 aromatic carbocycles. The lowest BCUT2D eigenvalue weighted by Crippen LogP contribution is -2.74. The standard InChI is InChI=1S/C18H21NO4/c1-17-14(21)6-4-11-12-9-10-3-5-13(20)16(23-17)15(10)18(11,17)7-8-19(12,2)22/h3,5,11-12,22H,4,6-9H2,1-2H3/p+1/t11-,12?,17-,18-,19?/m0/s1. The summed E-state index contributed by atoms with van der Waals surface area (Å²) >= 11 is 0. The Balaban J connectivity index is 1.87. The molecule has 1 spiro atoms. The van der Waals surface area contributed by atoms with Crippen LogP contribution in [0.1, 0.15) is 37.3 Å². The fourth-order valence-electron chi connectivity index (χ4n) is 6.12. The number of carbonyl (C=O) groups excluding carboxylic acids is 1. The number of ether oxygens (including phenoxy) is 1. The van der Waals surface area contributed by atoms with Crippen molar-refractivity contribution in [2.75, 3.05) is 13.6 Å². The summed E-state index contributed by atoms with van der Waals surface area (Å²) < 4.78 is 6.21. The van der Waals surface area contributed by atoms with Crippen LogP contribution in [0.3, 0.4) is 0 Å². The second kappa shape index (κ2) is 3.73. The van der Waals surface area contributed by atoms with Gasteiger partial charge in [0.2, 0.25) is 0 Å². The van der Waals surface area contributed by atoms with Gasteiger partial charge in [0, 0.05) is 30.7 Å². The highest BCUT2D eigenvalue weighted by atomic mass is 16.5. The average molecular weight is 316 g/mol. The Kier molecular flexibility index (Phi) is 2.24. The maximum Gasteiger partial charge on any atom is 0.177 e. The van der Waals surface area contributed by atoms with E-state index in [1.54, 1.807) is 6.07 Å². The van der Waals surface area contributed by atoms with E-state index in [0.717, 1.165) is 24.0 Å². The number of benzene rings is 1. The Morgan fingerprint density at radius 2 is 2.17 bits per heavy atom. The third kappa shape index (κ3) is 1.28. The van der Waals surface area contributed by atoms with Crippen molar-refractivity contribution in [2.24, 2.45) is 5.92 Å². The monoisotopic (exact) mass is 316 g/mol. The van der Waals surface area contributed by atoms with Gasteiger partial charge in [-0.2, -0.15) is 4.65 Å². The number of hydrogen-bond acceptors (Lipinski definition) is 4. The smallest absolute Gasteiger partial charge is 0.177 e. The van der Waals surface area contributed by atoms with Crippen molar-refractivity contribution in [2.45, 2.75) is 49.7 Å². The Bertz CT molecular complexity index is 758. The van der Waals surface area contributed by atoms with E-state index >= 15 is 0 Å². The number of phenolic OH excluding ortho intramolecular Hbond substituents is 1. The van der Waals surface area contributed by atoms with E-state index in [1.165, 1.54) is 0 Å². The summed E-state index contributed by atoms with van der Waals surface area (Å²) in [6, 6.07) is 3.69. The fourth-order valence-corrected chi connectivity index (χ4v) is 6.12. The number of likely N-dealkylation sites (tertiary alicyclic amines) is 1. The molecule has 0 amide bonds. The molecular formula is C18H22NO4+. The molecule has 5 atom stereocenters. The average Bonchev–Trinajstić information content (AvgIpc) is 2.78. The molecule has 1 aromatic rings. The largest absolute Gasteiger partial charge is 0.504 e. The predicted octanol–water partition coefficient (Wildman–Crippen LogP) is 1.92. The van der Waals surface area contributed by atoms with Crippen LogP contribution >= 0.6 is 0 Å². The first kappa shape index (κ1) is 13.8. The highest BCUT2D eigenvalue weighted by Gasteiger charge is 2.74. The topological polar surface area (TPSA) is 66.8 Å². The number of hydrogen-bond donors (Lipinski definition) is 2. The van der Waals surface area contributed by atoms with E-state index < -0.39 is 11.0 Å². The minimum atomic E-state index is -0.912. The number of phenols is 1. The van der Waals surface area contributed by atoms with E-state index in [-0.39, 0.29) is 28.1 Å². The van der Waals surface area contributed by atoms with Crippen LogP contribution in [0, 0.1) is 5.92 Å². The summed E-state index contributed by atoms with van der Waals surface area (Å²) in [5.41, 5.74) is 0.865. The highest BCUT2D eigenvalue weighted by Crippen LogP contribution is 2.67. The zero-order valence-corrected chi connectivity index (χ0v) is 13.5. The van der Waals surface area contributed by atoms with Crippen molar-refractivity contribution < 1.29 is 24.5 Å². The summed E-state index contributed by atoms with van der Waals surface area (Å²) in [4.78, 5) is 12.8. The Hall–Kier alpha value is -1.59. The lowest BCUT2D eigenvalue weighted by Gasteiger charge is -2.59. The first-order chi connectivity index (χ1) is 10.8. The maximum absolute atomic E-state index is 12.8. The van der Waals surface area contributed by atoms with E-state index in [4.69, 9.17) is 4.74 Å². The molecule has 2 aliphatic heterocycles. The summed E-state index contributed by atoms with van der Waals surface area (Å²) in [7, 11) is 1.88. The van der Waals surface area contributed by atoms with E-state index in [9.17, 15) is 15.1 Å². The molecule has 2 N–H and O–H groups in total. The molecule has 2 fully saturated rings. The van der Waals surface area contributed by atoms with Gasteiger partial charge in [-0.25, -0.2) is 5.21 Å². The molecule has 1 saturated heterocycles. The predicted molar refractivity (Wildman–Crippen MR) is 81.5 cm³/mol. The zero-order chi connectivity index (χ0) is 16.2. The number of nitrogens with zero attached hydrogens (tertiary/aromatic N) is 1. The van der Waals surface area contributed by atoms with Crippen molar-refractivity contribution in [1.82, 2.24) is 0 Å². The van der Waals surface area contributed by atoms with Crippen LogP contribution in [-0.4, -0.2) is 46.0 Å². The SMILES string of the molecule is C[C@@]12Oc3c(O)ccc4c3[C@@]13CC[N+](C)(O)C(C4)[C@@H]3CCC2=O. The summed E-state index contributed by atoms with van der Waals surface area (Å²) in [5.74, 6) is 0.984. The van der Waals surface area contributed by atoms with Gasteiger partial charge in [-0.1, -0.05) is 6.07 Å². The van der Waals surface area contributed by atoms with Crippen LogP contribution in [0.25, 0.3) is 0 Å². The number of hydroxylamine groups is 3. The van der Waals surface area contributed by atoms with Crippen LogP contribution in [0.2, 0.25) is 0 Å². The molecule has 5 heteroatoms. The Morgan fingerprint density at radius 3 is 2.96 bits per heavy atom. The number of carbonyl (C=O) groups is 1. The molecule has 5 rings (SSSR count). The fraction of sp³-hybridized carbons (Fsp3) is 0.611. The van der Waals surface area contributed by atoms with Gasteiger partial charge in [0.05, 0.1) is 12.5 Å². The van der Waals surface area contributed by atoms with Gasteiger partial charge >= 0.3 is 0 Å². The minimum absolute atomic E-state index is 0.0202. The van der Waals surface area contributed by atoms with Gasteiger partial charge in [0.25, 0.3) is 0 Å². The Labute approximate surface area is 135 Å². The van der Waals surface area contributed by atoms with Gasteiger partial charge in [-0.15, -0.1) is 0 Å².